The van der Waals surface area contributed by atoms with Gasteiger partial charge in [0.15, 0.2) is 0 Å². The van der Waals surface area contributed by atoms with Crippen molar-refractivity contribution in [3.05, 3.63) is 5.89 Å². The van der Waals surface area contributed by atoms with Gasteiger partial charge in [0.25, 0.3) is 0 Å². The van der Waals surface area contributed by atoms with Crippen LogP contribution < -0.4 is 10.2 Å². The molecule has 0 fully saturated rings. The van der Waals surface area contributed by atoms with Crippen LogP contribution in [0.1, 0.15) is 53.4 Å². The molecule has 1 aromatic rings. The third-order valence-electron chi connectivity index (χ3n) is 3.02. The third-order valence-corrected chi connectivity index (χ3v) is 3.02. The summed E-state index contributed by atoms with van der Waals surface area (Å²) in [5.74, 6) is 0.637. The first-order valence-corrected chi connectivity index (χ1v) is 6.67. The zero-order valence-corrected chi connectivity index (χ0v) is 12.4. The maximum absolute atomic E-state index is 5.67. The van der Waals surface area contributed by atoms with Crippen LogP contribution in [0, 0.1) is 0 Å². The van der Waals surface area contributed by atoms with E-state index in [-0.39, 0.29) is 5.54 Å². The van der Waals surface area contributed by atoms with Gasteiger partial charge in [-0.25, -0.2) is 0 Å². The molecule has 0 saturated heterocycles. The second-order valence-corrected chi connectivity index (χ2v) is 5.66. The number of hydrogen-bond acceptors (Lipinski definition) is 5. The first-order chi connectivity index (χ1) is 8.37. The predicted molar refractivity (Wildman–Crippen MR) is 73.7 cm³/mol. The second kappa shape index (κ2) is 6.18. The molecule has 1 aromatic heterocycles. The van der Waals surface area contributed by atoms with E-state index in [4.69, 9.17) is 4.42 Å². The van der Waals surface area contributed by atoms with Crippen LogP contribution in [0.3, 0.4) is 0 Å². The molecule has 0 bridgehead atoms. The summed E-state index contributed by atoms with van der Waals surface area (Å²) in [6.07, 6.45) is 2.15. The van der Waals surface area contributed by atoms with Gasteiger partial charge < -0.3 is 14.6 Å². The van der Waals surface area contributed by atoms with E-state index in [1.54, 1.807) is 0 Å². The molecule has 0 spiro atoms. The summed E-state index contributed by atoms with van der Waals surface area (Å²) in [7, 11) is 2.01. The van der Waals surface area contributed by atoms with E-state index in [1.165, 1.54) is 0 Å². The minimum atomic E-state index is 0.0515. The zero-order valence-electron chi connectivity index (χ0n) is 12.4. The quantitative estimate of drug-likeness (QED) is 0.845. The van der Waals surface area contributed by atoms with E-state index in [0.29, 0.717) is 24.5 Å². The molecule has 0 atom stereocenters. The molecule has 0 saturated carbocycles. The molecule has 0 aromatic carbocycles. The lowest BCUT2D eigenvalue weighted by molar-refractivity contribution is 0.378. The van der Waals surface area contributed by atoms with Crippen LogP contribution >= 0.6 is 0 Å². The standard InChI is InChI=1S/C13H26N4O/c1-7-10(8-2)17(6)12-16-15-11(18-12)9-14-13(3,4)5/h10,14H,7-9H2,1-6H3. The van der Waals surface area contributed by atoms with Crippen LogP contribution in [0.4, 0.5) is 6.01 Å². The second-order valence-electron chi connectivity index (χ2n) is 5.66. The van der Waals surface area contributed by atoms with Crippen molar-refractivity contribution in [2.45, 2.75) is 65.6 Å². The summed E-state index contributed by atoms with van der Waals surface area (Å²) in [4.78, 5) is 2.06. The number of anilines is 1. The van der Waals surface area contributed by atoms with Gasteiger partial charge >= 0.3 is 6.01 Å². The Labute approximate surface area is 110 Å². The first kappa shape index (κ1) is 15.0. The van der Waals surface area contributed by atoms with E-state index >= 15 is 0 Å². The Bertz CT molecular complexity index is 352. The van der Waals surface area contributed by atoms with E-state index < -0.39 is 0 Å². The average Bonchev–Trinajstić information content (AvgIpc) is 2.75. The van der Waals surface area contributed by atoms with E-state index in [0.717, 1.165) is 12.8 Å². The lowest BCUT2D eigenvalue weighted by Gasteiger charge is -2.23. The van der Waals surface area contributed by atoms with Crippen molar-refractivity contribution in [2.24, 2.45) is 0 Å². The van der Waals surface area contributed by atoms with Gasteiger partial charge in [0, 0.05) is 18.6 Å². The highest BCUT2D eigenvalue weighted by atomic mass is 16.4. The SMILES string of the molecule is CCC(CC)N(C)c1nnc(CNC(C)(C)C)o1. The van der Waals surface area contributed by atoms with Crippen molar-refractivity contribution >= 4 is 6.01 Å². The number of rotatable bonds is 6. The molecule has 1 heterocycles. The minimum absolute atomic E-state index is 0.0515. The fourth-order valence-electron chi connectivity index (χ4n) is 1.79. The summed E-state index contributed by atoms with van der Waals surface area (Å²) in [6.45, 7) is 11.3. The van der Waals surface area contributed by atoms with E-state index in [1.807, 2.05) is 7.05 Å². The van der Waals surface area contributed by atoms with Gasteiger partial charge in [-0.1, -0.05) is 18.9 Å². The Morgan fingerprint density at radius 2 is 1.83 bits per heavy atom. The number of nitrogens with zero attached hydrogens (tertiary/aromatic N) is 3. The van der Waals surface area contributed by atoms with Gasteiger partial charge in [0.05, 0.1) is 6.54 Å². The maximum Gasteiger partial charge on any atom is 0.318 e. The molecule has 1 N–H and O–H groups in total. The van der Waals surface area contributed by atoms with E-state index in [2.05, 4.69) is 55.0 Å². The Balaban J connectivity index is 2.62. The summed E-state index contributed by atoms with van der Waals surface area (Å²) in [5, 5.41) is 11.5. The minimum Gasteiger partial charge on any atom is -0.407 e. The molecule has 0 radical (unpaired) electrons. The highest BCUT2D eigenvalue weighted by Gasteiger charge is 2.18. The Hall–Kier alpha value is -1.10. The van der Waals surface area contributed by atoms with Crippen LogP contribution in [0.15, 0.2) is 4.42 Å². The Morgan fingerprint density at radius 1 is 1.22 bits per heavy atom. The van der Waals surface area contributed by atoms with Crippen LogP contribution in [-0.4, -0.2) is 28.8 Å². The fraction of sp³-hybridized carbons (Fsp3) is 0.846. The Morgan fingerprint density at radius 3 is 2.33 bits per heavy atom. The normalized spacial score (nSPS) is 12.2. The summed E-state index contributed by atoms with van der Waals surface area (Å²) in [6, 6.07) is 1.06. The lowest BCUT2D eigenvalue weighted by atomic mass is 10.1. The summed E-state index contributed by atoms with van der Waals surface area (Å²) in [5.41, 5.74) is 0.0515. The first-order valence-electron chi connectivity index (χ1n) is 6.67. The van der Waals surface area contributed by atoms with Gasteiger partial charge in [-0.2, -0.15) is 0 Å². The molecule has 5 nitrogen and oxygen atoms in total. The van der Waals surface area contributed by atoms with Crippen molar-refractivity contribution in [3.8, 4) is 0 Å². The lowest BCUT2D eigenvalue weighted by Crippen LogP contribution is -2.35. The average molecular weight is 254 g/mol. The fourth-order valence-corrected chi connectivity index (χ4v) is 1.79. The van der Waals surface area contributed by atoms with Crippen molar-refractivity contribution in [2.75, 3.05) is 11.9 Å². The third kappa shape index (κ3) is 4.29. The van der Waals surface area contributed by atoms with Crippen LogP contribution in [0.5, 0.6) is 0 Å². The molecular weight excluding hydrogens is 228 g/mol. The number of nitrogens with one attached hydrogen (secondary N) is 1. The van der Waals surface area contributed by atoms with Gasteiger partial charge in [-0.3, -0.25) is 0 Å². The van der Waals surface area contributed by atoms with Crippen molar-refractivity contribution in [3.63, 3.8) is 0 Å². The molecule has 0 aliphatic rings. The molecule has 5 heteroatoms. The number of hydrogen-bond donors (Lipinski definition) is 1. The van der Waals surface area contributed by atoms with E-state index in [9.17, 15) is 0 Å². The molecule has 1 rings (SSSR count). The highest BCUT2D eigenvalue weighted by molar-refractivity contribution is 5.24. The largest absolute Gasteiger partial charge is 0.407 e. The molecule has 0 aliphatic carbocycles. The van der Waals surface area contributed by atoms with Crippen LogP contribution in [0.2, 0.25) is 0 Å². The molecule has 18 heavy (non-hydrogen) atoms. The molecule has 0 unspecified atom stereocenters. The summed E-state index contributed by atoms with van der Waals surface area (Å²) < 4.78 is 5.67. The smallest absolute Gasteiger partial charge is 0.318 e. The molecule has 0 amide bonds. The predicted octanol–water partition coefficient (Wildman–Crippen LogP) is 2.58. The summed E-state index contributed by atoms with van der Waals surface area (Å²) >= 11 is 0. The van der Waals surface area contributed by atoms with Gasteiger partial charge in [-0.15, -0.1) is 5.10 Å². The van der Waals surface area contributed by atoms with Crippen molar-refractivity contribution in [1.29, 1.82) is 0 Å². The van der Waals surface area contributed by atoms with Gasteiger partial charge in [-0.05, 0) is 33.6 Å². The van der Waals surface area contributed by atoms with Crippen LogP contribution in [-0.2, 0) is 6.54 Å². The molecule has 104 valence electrons. The monoisotopic (exact) mass is 254 g/mol. The molecular formula is C13H26N4O. The van der Waals surface area contributed by atoms with Crippen molar-refractivity contribution in [1.82, 2.24) is 15.5 Å². The van der Waals surface area contributed by atoms with Crippen LogP contribution in [0.25, 0.3) is 0 Å². The Kier molecular flexibility index (Phi) is 5.14. The van der Waals surface area contributed by atoms with Gasteiger partial charge in [0.2, 0.25) is 5.89 Å². The maximum atomic E-state index is 5.67. The topological polar surface area (TPSA) is 54.2 Å². The number of aromatic nitrogens is 2. The zero-order chi connectivity index (χ0) is 13.8. The van der Waals surface area contributed by atoms with Crippen molar-refractivity contribution < 1.29 is 4.42 Å². The molecule has 0 aliphatic heterocycles. The highest BCUT2D eigenvalue weighted by Crippen LogP contribution is 2.17. The van der Waals surface area contributed by atoms with Gasteiger partial charge in [0.1, 0.15) is 0 Å².